The summed E-state index contributed by atoms with van der Waals surface area (Å²) in [4.78, 5) is 24.9. The lowest BCUT2D eigenvalue weighted by Gasteiger charge is -2.30. The Hall–Kier alpha value is -3.70. The molecule has 178 valence electrons. The molecule has 0 spiro atoms. The van der Waals surface area contributed by atoms with Gasteiger partial charge in [0.15, 0.2) is 0 Å². The summed E-state index contributed by atoms with van der Waals surface area (Å²) in [6.45, 7) is 0.105. The van der Waals surface area contributed by atoms with Crippen molar-refractivity contribution in [2.75, 3.05) is 4.90 Å². The van der Waals surface area contributed by atoms with Gasteiger partial charge in [0.2, 0.25) is 11.5 Å². The summed E-state index contributed by atoms with van der Waals surface area (Å²) in [5, 5.41) is 6.64. The monoisotopic (exact) mass is 482 g/mol. The van der Waals surface area contributed by atoms with Gasteiger partial charge in [0.25, 0.3) is 5.91 Å². The van der Waals surface area contributed by atoms with Crippen molar-refractivity contribution in [3.63, 3.8) is 0 Å². The molecule has 0 aliphatic carbocycles. The summed E-state index contributed by atoms with van der Waals surface area (Å²) in [7, 11) is 1.22. The van der Waals surface area contributed by atoms with Gasteiger partial charge in [0.1, 0.15) is 12.6 Å². The van der Waals surface area contributed by atoms with E-state index in [0.717, 1.165) is 34.0 Å². The Morgan fingerprint density at radius 3 is 2.35 bits per heavy atom. The Morgan fingerprint density at radius 1 is 1.06 bits per heavy atom. The van der Waals surface area contributed by atoms with Crippen LogP contribution in [0, 0.1) is 0 Å². The van der Waals surface area contributed by atoms with E-state index in [0.29, 0.717) is 13.0 Å². The number of hydrogen-bond donors (Lipinski definition) is 0. The number of amides is 1. The Kier molecular flexibility index (Phi) is 5.29. The highest BCUT2D eigenvalue weighted by molar-refractivity contribution is 6.11. The zero-order valence-electron chi connectivity index (χ0n) is 17.7. The third-order valence-electron chi connectivity index (χ3n) is 5.79. The molecule has 4 rings (SSSR count). The van der Waals surface area contributed by atoms with Crippen LogP contribution >= 0.6 is 0 Å². The third kappa shape index (κ3) is 3.53. The molecule has 12 heteroatoms. The highest BCUT2D eigenvalue weighted by Crippen LogP contribution is 2.48. The first-order valence-electron chi connectivity index (χ1n) is 9.82. The molecule has 1 aliphatic rings. The molecule has 0 bridgehead atoms. The van der Waals surface area contributed by atoms with Crippen LogP contribution in [0.3, 0.4) is 0 Å². The first-order chi connectivity index (χ1) is 15.8. The fraction of sp³-hybridized carbons (Fsp3) is 0.273. The van der Waals surface area contributed by atoms with E-state index >= 15 is 13.2 Å². The van der Waals surface area contributed by atoms with Crippen molar-refractivity contribution in [1.29, 1.82) is 0 Å². The van der Waals surface area contributed by atoms with E-state index in [9.17, 15) is 22.8 Å². The summed E-state index contributed by atoms with van der Waals surface area (Å²) in [5.41, 5.74) is -6.10. The first-order valence-corrected chi connectivity index (χ1v) is 9.82. The Bertz CT molecular complexity index is 1300. The number of fused-ring (bicyclic) bond motifs is 1. The van der Waals surface area contributed by atoms with Crippen LogP contribution < -0.4 is 4.90 Å². The lowest BCUT2D eigenvalue weighted by molar-refractivity contribution is -0.149. The predicted octanol–water partition coefficient (Wildman–Crippen LogP) is 4.78. The number of aromatic nitrogens is 3. The highest BCUT2D eigenvalue weighted by atomic mass is 19.4. The van der Waals surface area contributed by atoms with E-state index in [4.69, 9.17) is 0 Å². The quantitative estimate of drug-likeness (QED) is 0.388. The van der Waals surface area contributed by atoms with Gasteiger partial charge in [0, 0.05) is 23.9 Å². The summed E-state index contributed by atoms with van der Waals surface area (Å²) in [6.07, 6.45) is -3.66. The topological polar surface area (TPSA) is 68.1 Å². The molecule has 1 atom stereocenters. The molecule has 1 amide bonds. The van der Waals surface area contributed by atoms with Gasteiger partial charge in [-0.2, -0.15) is 22.0 Å². The maximum atomic E-state index is 15.6. The summed E-state index contributed by atoms with van der Waals surface area (Å²) >= 11 is 0. The molecule has 1 aliphatic heterocycles. The Morgan fingerprint density at radius 2 is 1.76 bits per heavy atom. The van der Waals surface area contributed by atoms with Gasteiger partial charge in [-0.25, -0.2) is 4.39 Å². The number of hydrogen-bond acceptors (Lipinski definition) is 4. The van der Waals surface area contributed by atoms with Crippen LogP contribution in [0.1, 0.15) is 50.2 Å². The molecule has 6 nitrogen and oxygen atoms in total. The van der Waals surface area contributed by atoms with Crippen LogP contribution in [0.2, 0.25) is 0 Å². The van der Waals surface area contributed by atoms with Gasteiger partial charge in [-0.15, -0.1) is 10.2 Å². The number of nitrogens with zero attached hydrogens (tertiary/aromatic N) is 4. The van der Waals surface area contributed by atoms with Gasteiger partial charge >= 0.3 is 12.1 Å². The van der Waals surface area contributed by atoms with Crippen LogP contribution in [-0.2, 0) is 31.4 Å². The SMILES string of the molecule is Cn1cnnc1C(F)(F)[C@](C)(F)c1cccc(N2Cc3c(cc(C=O)cc3C(F)(F)F)C2=O)c1. The normalized spacial score (nSPS) is 15.9. The van der Waals surface area contributed by atoms with Crippen molar-refractivity contribution in [2.45, 2.75) is 31.2 Å². The predicted molar refractivity (Wildman–Crippen MR) is 107 cm³/mol. The number of alkyl halides is 6. The summed E-state index contributed by atoms with van der Waals surface area (Å²) in [5.74, 6) is -5.93. The van der Waals surface area contributed by atoms with E-state index in [-0.39, 0.29) is 28.7 Å². The average Bonchev–Trinajstić information content (AvgIpc) is 3.36. The number of benzene rings is 2. The lowest BCUT2D eigenvalue weighted by atomic mass is 9.90. The molecule has 0 unspecified atom stereocenters. The second kappa shape index (κ2) is 7.67. The molecule has 0 saturated carbocycles. The average molecular weight is 482 g/mol. The standard InChI is InChI=1S/C22H16F6N4O2/c1-20(23,21(24,25)19-30-29-11-31(19)2)13-4-3-5-14(8-13)32-9-16-15(18(32)34)6-12(10-33)7-17(16)22(26,27)28/h3-8,10-11H,9H2,1-2H3/t20-/m1/s1. The van der Waals surface area contributed by atoms with E-state index in [1.165, 1.54) is 19.2 Å². The fourth-order valence-corrected chi connectivity index (χ4v) is 3.88. The van der Waals surface area contributed by atoms with Gasteiger partial charge < -0.3 is 9.47 Å². The van der Waals surface area contributed by atoms with Crippen molar-refractivity contribution in [3.8, 4) is 0 Å². The number of anilines is 1. The molecule has 0 N–H and O–H groups in total. The zero-order chi connectivity index (χ0) is 25.1. The van der Waals surface area contributed by atoms with Gasteiger partial charge in [-0.1, -0.05) is 12.1 Å². The largest absolute Gasteiger partial charge is 0.416 e. The first kappa shape index (κ1) is 23.5. The maximum absolute atomic E-state index is 15.6. The van der Waals surface area contributed by atoms with Crippen LogP contribution in [0.15, 0.2) is 42.7 Å². The maximum Gasteiger partial charge on any atom is 0.416 e. The molecular weight excluding hydrogens is 466 g/mol. The molecule has 1 aromatic heterocycles. The lowest BCUT2D eigenvalue weighted by Crippen LogP contribution is -2.39. The Labute approximate surface area is 188 Å². The van der Waals surface area contributed by atoms with E-state index in [1.54, 1.807) is 0 Å². The fourth-order valence-electron chi connectivity index (χ4n) is 3.88. The number of aldehydes is 1. The van der Waals surface area contributed by atoms with Crippen molar-refractivity contribution >= 4 is 17.9 Å². The van der Waals surface area contributed by atoms with E-state index in [1.807, 2.05) is 0 Å². The molecule has 34 heavy (non-hydrogen) atoms. The van der Waals surface area contributed by atoms with Crippen LogP contribution in [0.5, 0.6) is 0 Å². The summed E-state index contributed by atoms with van der Waals surface area (Å²) in [6, 6.07) is 6.23. The molecule has 2 heterocycles. The molecule has 3 aromatic rings. The highest BCUT2D eigenvalue weighted by Gasteiger charge is 2.57. The van der Waals surface area contributed by atoms with E-state index < -0.39 is 47.2 Å². The van der Waals surface area contributed by atoms with Crippen LogP contribution in [0.25, 0.3) is 0 Å². The van der Waals surface area contributed by atoms with Crippen LogP contribution in [-0.4, -0.2) is 27.0 Å². The summed E-state index contributed by atoms with van der Waals surface area (Å²) < 4.78 is 87.2. The number of carbonyl (C=O) groups excluding carboxylic acids is 2. The Balaban J connectivity index is 1.76. The number of halogens is 6. The van der Waals surface area contributed by atoms with Gasteiger partial charge in [-0.3, -0.25) is 9.59 Å². The minimum absolute atomic E-state index is 0.0860. The second-order valence-electron chi connectivity index (χ2n) is 7.99. The second-order valence-corrected chi connectivity index (χ2v) is 7.99. The third-order valence-corrected chi connectivity index (χ3v) is 5.79. The minimum Gasteiger partial charge on any atom is -0.316 e. The van der Waals surface area contributed by atoms with Crippen molar-refractivity contribution in [2.24, 2.45) is 7.05 Å². The molecular formula is C22H16F6N4O2. The molecule has 0 fully saturated rings. The van der Waals surface area contributed by atoms with Gasteiger partial charge in [-0.05, 0) is 42.3 Å². The molecule has 0 radical (unpaired) electrons. The molecule has 2 aromatic carbocycles. The number of rotatable bonds is 5. The smallest absolute Gasteiger partial charge is 0.316 e. The van der Waals surface area contributed by atoms with Crippen molar-refractivity contribution in [3.05, 3.63) is 76.4 Å². The van der Waals surface area contributed by atoms with Crippen LogP contribution in [0.4, 0.5) is 32.0 Å². The van der Waals surface area contributed by atoms with Crippen molar-refractivity contribution in [1.82, 2.24) is 14.8 Å². The van der Waals surface area contributed by atoms with E-state index in [2.05, 4.69) is 10.2 Å². The number of carbonyl (C=O) groups is 2. The number of aryl methyl sites for hydroxylation is 1. The minimum atomic E-state index is -4.84. The zero-order valence-corrected chi connectivity index (χ0v) is 17.7. The van der Waals surface area contributed by atoms with Crippen molar-refractivity contribution < 1.29 is 35.9 Å². The molecule has 0 saturated heterocycles. The van der Waals surface area contributed by atoms with Gasteiger partial charge in [0.05, 0.1) is 12.1 Å².